The van der Waals surface area contributed by atoms with Crippen LogP contribution in [0.1, 0.15) is 35.8 Å². The van der Waals surface area contributed by atoms with Crippen LogP contribution in [0.2, 0.25) is 5.02 Å². The first-order valence-corrected chi connectivity index (χ1v) is 10.4. The Morgan fingerprint density at radius 3 is 2.57 bits per heavy atom. The van der Waals surface area contributed by atoms with Gasteiger partial charge in [-0.3, -0.25) is 9.59 Å². The Labute approximate surface area is 179 Å². The minimum Gasteiger partial charge on any atom is -0.463 e. The van der Waals surface area contributed by atoms with Gasteiger partial charge in [0.2, 0.25) is 5.91 Å². The number of amides is 2. The molecule has 0 saturated heterocycles. The summed E-state index contributed by atoms with van der Waals surface area (Å²) in [6.45, 7) is 2.61. The minimum atomic E-state index is -0.988. The number of hydrogen-bond donors (Lipinski definition) is 1. The first-order valence-electron chi connectivity index (χ1n) is 10.1. The van der Waals surface area contributed by atoms with Crippen LogP contribution < -0.4 is 5.32 Å². The second-order valence-electron chi connectivity index (χ2n) is 8.16. The summed E-state index contributed by atoms with van der Waals surface area (Å²) in [5.41, 5.74) is 1.36. The smallest absolute Gasteiger partial charge is 0.271 e. The molecule has 3 heterocycles. The van der Waals surface area contributed by atoms with E-state index in [1.165, 1.54) is 0 Å². The number of nitrogens with one attached hydrogen (secondary N) is 1. The van der Waals surface area contributed by atoms with Gasteiger partial charge in [0, 0.05) is 17.6 Å². The summed E-state index contributed by atoms with van der Waals surface area (Å²) in [4.78, 5) is 28.6. The van der Waals surface area contributed by atoms with Gasteiger partial charge in [-0.1, -0.05) is 23.7 Å². The van der Waals surface area contributed by atoms with Gasteiger partial charge < -0.3 is 19.2 Å². The van der Waals surface area contributed by atoms with E-state index in [1.54, 1.807) is 23.3 Å². The number of halogens is 1. The van der Waals surface area contributed by atoms with Crippen LogP contribution in [0.25, 0.3) is 11.5 Å². The van der Waals surface area contributed by atoms with E-state index in [4.69, 9.17) is 16.0 Å². The van der Waals surface area contributed by atoms with Crippen molar-refractivity contribution < 1.29 is 14.0 Å². The Hall–Kier alpha value is -2.99. The molecule has 1 aromatic carbocycles. The lowest BCUT2D eigenvalue weighted by Gasteiger charge is -2.44. The van der Waals surface area contributed by atoms with Gasteiger partial charge in [-0.05, 0) is 61.7 Å². The second kappa shape index (κ2) is 7.06. The normalized spacial score (nSPS) is 20.9. The Morgan fingerprint density at radius 2 is 1.90 bits per heavy atom. The Bertz CT molecular complexity index is 1100. The fourth-order valence-electron chi connectivity index (χ4n) is 4.25. The maximum absolute atomic E-state index is 13.4. The van der Waals surface area contributed by atoms with Crippen LogP contribution in [0.15, 0.2) is 59.2 Å². The molecule has 3 aromatic rings. The third-order valence-electron chi connectivity index (χ3n) is 5.96. The van der Waals surface area contributed by atoms with Crippen molar-refractivity contribution in [3.05, 3.63) is 71.1 Å². The number of hydrogen-bond acceptors (Lipinski definition) is 3. The quantitative estimate of drug-likeness (QED) is 0.672. The Morgan fingerprint density at radius 1 is 1.17 bits per heavy atom. The number of aromatic nitrogens is 1. The van der Waals surface area contributed by atoms with Gasteiger partial charge >= 0.3 is 0 Å². The molecule has 1 atom stereocenters. The molecule has 7 heteroatoms. The van der Waals surface area contributed by atoms with Gasteiger partial charge in [-0.15, -0.1) is 0 Å². The summed E-state index contributed by atoms with van der Waals surface area (Å²) in [5, 5.41) is 3.68. The topological polar surface area (TPSA) is 67.5 Å². The summed E-state index contributed by atoms with van der Waals surface area (Å²) in [6.07, 6.45) is 3.46. The SMILES string of the molecule is C[C@@]1(C(=O)NCc2ccc(Cl)cc2)Cn2c(ccc2-c2ccco2)C(=O)N1C1CC1. The van der Waals surface area contributed by atoms with Crippen LogP contribution >= 0.6 is 11.6 Å². The lowest BCUT2D eigenvalue weighted by molar-refractivity contribution is -0.133. The molecule has 5 rings (SSSR count). The number of fused-ring (bicyclic) bond motifs is 1. The highest BCUT2D eigenvalue weighted by molar-refractivity contribution is 6.30. The molecule has 6 nitrogen and oxygen atoms in total. The summed E-state index contributed by atoms with van der Waals surface area (Å²) in [6, 6.07) is 14.9. The third-order valence-corrected chi connectivity index (χ3v) is 6.21. The molecule has 30 heavy (non-hydrogen) atoms. The summed E-state index contributed by atoms with van der Waals surface area (Å²) >= 11 is 5.95. The maximum atomic E-state index is 13.4. The van der Waals surface area contributed by atoms with Crippen molar-refractivity contribution in [1.29, 1.82) is 0 Å². The first-order chi connectivity index (χ1) is 14.5. The zero-order chi connectivity index (χ0) is 20.9. The third kappa shape index (κ3) is 3.12. The molecule has 1 aliphatic carbocycles. The predicted octanol–water partition coefficient (Wildman–Crippen LogP) is 4.09. The standard InChI is InChI=1S/C23H22ClN3O3/c1-23(22(29)25-13-15-4-6-16(24)7-5-15)14-26-18(20-3-2-12-30-20)10-11-19(26)21(28)27(23)17-8-9-17/h2-7,10-12,17H,8-9,13-14H2,1H3,(H,25,29)/t23-/m0/s1. The van der Waals surface area contributed by atoms with E-state index in [0.29, 0.717) is 29.6 Å². The van der Waals surface area contributed by atoms with Crippen molar-refractivity contribution in [1.82, 2.24) is 14.8 Å². The summed E-state index contributed by atoms with van der Waals surface area (Å²) in [5.74, 6) is 0.408. The molecular weight excluding hydrogens is 402 g/mol. The van der Waals surface area contributed by atoms with Crippen LogP contribution in [0.5, 0.6) is 0 Å². The van der Waals surface area contributed by atoms with Gasteiger partial charge in [0.15, 0.2) is 0 Å². The van der Waals surface area contributed by atoms with Gasteiger partial charge in [0.05, 0.1) is 18.5 Å². The highest BCUT2D eigenvalue weighted by atomic mass is 35.5. The van der Waals surface area contributed by atoms with Gasteiger partial charge in [0.1, 0.15) is 17.0 Å². The van der Waals surface area contributed by atoms with Crippen molar-refractivity contribution >= 4 is 23.4 Å². The maximum Gasteiger partial charge on any atom is 0.271 e. The Kier molecular flexibility index (Phi) is 4.47. The van der Waals surface area contributed by atoms with E-state index >= 15 is 0 Å². The average molecular weight is 424 g/mol. The zero-order valence-electron chi connectivity index (χ0n) is 16.6. The molecule has 0 unspecified atom stereocenters. The van der Waals surface area contributed by atoms with Crippen LogP contribution in [-0.4, -0.2) is 32.9 Å². The van der Waals surface area contributed by atoms with Crippen molar-refractivity contribution in [2.75, 3.05) is 0 Å². The van der Waals surface area contributed by atoms with E-state index in [2.05, 4.69) is 5.32 Å². The molecule has 1 aliphatic heterocycles. The van der Waals surface area contributed by atoms with Crippen molar-refractivity contribution in [3.8, 4) is 11.5 Å². The van der Waals surface area contributed by atoms with E-state index in [1.807, 2.05) is 47.9 Å². The van der Waals surface area contributed by atoms with Crippen LogP contribution in [0, 0.1) is 0 Å². The number of benzene rings is 1. The van der Waals surface area contributed by atoms with Crippen LogP contribution in [-0.2, 0) is 17.9 Å². The molecule has 2 amide bonds. The minimum absolute atomic E-state index is 0.106. The fourth-order valence-corrected chi connectivity index (χ4v) is 4.38. The molecule has 1 fully saturated rings. The number of furan rings is 1. The van der Waals surface area contributed by atoms with Gasteiger partial charge in [0.25, 0.3) is 5.91 Å². The fraction of sp³-hybridized carbons (Fsp3) is 0.304. The monoisotopic (exact) mass is 423 g/mol. The number of carbonyl (C=O) groups is 2. The zero-order valence-corrected chi connectivity index (χ0v) is 17.4. The first kappa shape index (κ1) is 19.0. The number of carbonyl (C=O) groups excluding carboxylic acids is 2. The molecule has 1 saturated carbocycles. The molecule has 2 aliphatic rings. The van der Waals surface area contributed by atoms with E-state index < -0.39 is 5.54 Å². The molecule has 2 aromatic heterocycles. The van der Waals surface area contributed by atoms with Crippen molar-refractivity contribution in [3.63, 3.8) is 0 Å². The highest BCUT2D eigenvalue weighted by Gasteiger charge is 2.52. The molecule has 1 N–H and O–H groups in total. The van der Waals surface area contributed by atoms with E-state index in [9.17, 15) is 9.59 Å². The van der Waals surface area contributed by atoms with E-state index in [-0.39, 0.29) is 17.9 Å². The summed E-state index contributed by atoms with van der Waals surface area (Å²) in [7, 11) is 0. The second-order valence-corrected chi connectivity index (χ2v) is 8.59. The van der Waals surface area contributed by atoms with Crippen molar-refractivity contribution in [2.24, 2.45) is 0 Å². The lowest BCUT2D eigenvalue weighted by atomic mass is 9.94. The molecule has 0 bridgehead atoms. The largest absolute Gasteiger partial charge is 0.463 e. The molecular formula is C23H22ClN3O3. The van der Waals surface area contributed by atoms with Gasteiger partial charge in [-0.2, -0.15) is 0 Å². The number of rotatable bonds is 5. The Balaban J connectivity index is 1.46. The van der Waals surface area contributed by atoms with E-state index in [0.717, 1.165) is 24.1 Å². The predicted molar refractivity (Wildman–Crippen MR) is 113 cm³/mol. The number of nitrogens with zero attached hydrogens (tertiary/aromatic N) is 2. The molecule has 0 radical (unpaired) electrons. The van der Waals surface area contributed by atoms with Crippen LogP contribution in [0.3, 0.4) is 0 Å². The summed E-state index contributed by atoms with van der Waals surface area (Å²) < 4.78 is 7.46. The van der Waals surface area contributed by atoms with Gasteiger partial charge in [-0.25, -0.2) is 0 Å². The van der Waals surface area contributed by atoms with Crippen LogP contribution in [0.4, 0.5) is 0 Å². The van der Waals surface area contributed by atoms with Crippen molar-refractivity contribution in [2.45, 2.75) is 44.4 Å². The average Bonchev–Trinajstić information content (AvgIpc) is 3.23. The highest BCUT2D eigenvalue weighted by Crippen LogP contribution is 2.40. The molecule has 0 spiro atoms. The lowest BCUT2D eigenvalue weighted by Crippen LogP contribution is -2.64. The molecule has 154 valence electrons.